The Bertz CT molecular complexity index is 676. The minimum absolute atomic E-state index is 0.0366. The molecule has 0 atom stereocenters. The van der Waals surface area contributed by atoms with Crippen LogP contribution in [0.5, 0.6) is 0 Å². The zero-order chi connectivity index (χ0) is 13.9. The lowest BCUT2D eigenvalue weighted by Crippen LogP contribution is -2.24. The monoisotopic (exact) mass is 342 g/mol. The summed E-state index contributed by atoms with van der Waals surface area (Å²) in [5.41, 5.74) is 6.39. The van der Waals surface area contributed by atoms with Gasteiger partial charge in [-0.25, -0.2) is 18.1 Å². The molecule has 0 saturated heterocycles. The van der Waals surface area contributed by atoms with Gasteiger partial charge in [0.05, 0.1) is 0 Å². The largest absolute Gasteiger partial charge is 0.383 e. The van der Waals surface area contributed by atoms with Crippen molar-refractivity contribution in [1.29, 1.82) is 0 Å². The molecule has 0 fully saturated rings. The van der Waals surface area contributed by atoms with Gasteiger partial charge in [-0.1, -0.05) is 0 Å². The molecular weight excluding hydrogens is 332 g/mol. The van der Waals surface area contributed by atoms with Crippen LogP contribution in [-0.2, 0) is 16.6 Å². The smallest absolute Gasteiger partial charge is 0.244 e. The van der Waals surface area contributed by atoms with Gasteiger partial charge in [-0.3, -0.25) is 4.98 Å². The lowest BCUT2D eigenvalue weighted by Gasteiger charge is -2.08. The van der Waals surface area contributed by atoms with E-state index in [-0.39, 0.29) is 17.3 Å². The van der Waals surface area contributed by atoms with E-state index in [1.165, 1.54) is 12.3 Å². The molecule has 19 heavy (non-hydrogen) atoms. The first-order chi connectivity index (χ1) is 8.99. The normalized spacial score (nSPS) is 11.4. The molecule has 0 radical (unpaired) electrons. The Morgan fingerprint density at radius 3 is 2.68 bits per heavy atom. The quantitative estimate of drug-likeness (QED) is 0.872. The highest BCUT2D eigenvalue weighted by molar-refractivity contribution is 9.10. The van der Waals surface area contributed by atoms with Crippen molar-refractivity contribution in [3.63, 3.8) is 0 Å². The summed E-state index contributed by atoms with van der Waals surface area (Å²) in [5.74, 6) is -0.0366. The fourth-order valence-electron chi connectivity index (χ4n) is 1.40. The molecule has 0 saturated carbocycles. The highest BCUT2D eigenvalue weighted by Gasteiger charge is 2.18. The van der Waals surface area contributed by atoms with Crippen LogP contribution in [0.2, 0.25) is 0 Å². The number of nitrogens with zero attached hydrogens (tertiary/aromatic N) is 2. The predicted molar refractivity (Wildman–Crippen MR) is 74.6 cm³/mol. The van der Waals surface area contributed by atoms with Crippen molar-refractivity contribution in [2.75, 3.05) is 5.73 Å². The van der Waals surface area contributed by atoms with Crippen LogP contribution in [-0.4, -0.2) is 18.4 Å². The average Bonchev–Trinajstić information content (AvgIpc) is 2.40. The van der Waals surface area contributed by atoms with Crippen LogP contribution >= 0.6 is 15.9 Å². The molecule has 0 bridgehead atoms. The van der Waals surface area contributed by atoms with Crippen molar-refractivity contribution < 1.29 is 8.42 Å². The summed E-state index contributed by atoms with van der Waals surface area (Å²) >= 11 is 3.17. The van der Waals surface area contributed by atoms with Gasteiger partial charge >= 0.3 is 0 Å². The number of anilines is 1. The number of sulfonamides is 1. The van der Waals surface area contributed by atoms with Gasteiger partial charge in [-0.15, -0.1) is 0 Å². The lowest BCUT2D eigenvalue weighted by molar-refractivity contribution is 0.581. The molecule has 3 N–H and O–H groups in total. The average molecular weight is 343 g/mol. The molecule has 0 unspecified atom stereocenters. The maximum Gasteiger partial charge on any atom is 0.244 e. The molecule has 6 nitrogen and oxygen atoms in total. The van der Waals surface area contributed by atoms with E-state index in [2.05, 4.69) is 30.6 Å². The summed E-state index contributed by atoms with van der Waals surface area (Å²) in [6.45, 7) is 0.163. The molecule has 0 aliphatic rings. The molecular formula is C11H11BrN4O2S. The Labute approximate surface area is 119 Å². The van der Waals surface area contributed by atoms with Gasteiger partial charge in [-0.05, 0) is 39.7 Å². The molecule has 2 aromatic heterocycles. The number of halogens is 1. The first-order valence-electron chi connectivity index (χ1n) is 5.28. The minimum atomic E-state index is -3.70. The molecule has 100 valence electrons. The summed E-state index contributed by atoms with van der Waals surface area (Å²) < 4.78 is 27.2. The molecule has 0 aliphatic carbocycles. The number of aromatic nitrogens is 2. The molecule has 0 aromatic carbocycles. The van der Waals surface area contributed by atoms with Crippen molar-refractivity contribution in [1.82, 2.24) is 14.7 Å². The Balaban J connectivity index is 2.21. The number of nitrogens with one attached hydrogen (secondary N) is 1. The van der Waals surface area contributed by atoms with Gasteiger partial charge in [0.1, 0.15) is 10.7 Å². The highest BCUT2D eigenvalue weighted by Crippen LogP contribution is 2.20. The van der Waals surface area contributed by atoms with Crippen LogP contribution in [0.3, 0.4) is 0 Å². The van der Waals surface area contributed by atoms with Gasteiger partial charge in [0.25, 0.3) is 0 Å². The van der Waals surface area contributed by atoms with E-state index in [4.69, 9.17) is 5.73 Å². The fraction of sp³-hybridized carbons (Fsp3) is 0.0909. The third-order valence-electron chi connectivity index (χ3n) is 2.35. The van der Waals surface area contributed by atoms with Crippen molar-refractivity contribution in [2.24, 2.45) is 0 Å². The number of nitrogen functional groups attached to an aromatic ring is 1. The zero-order valence-electron chi connectivity index (χ0n) is 9.75. The number of pyridine rings is 2. The Kier molecular flexibility index (Phi) is 4.13. The number of rotatable bonds is 4. The van der Waals surface area contributed by atoms with Gasteiger partial charge in [-0.2, -0.15) is 0 Å². The van der Waals surface area contributed by atoms with Crippen molar-refractivity contribution in [2.45, 2.75) is 11.4 Å². The number of hydrogen-bond donors (Lipinski definition) is 2. The van der Waals surface area contributed by atoms with Gasteiger partial charge in [0.15, 0.2) is 0 Å². The molecule has 0 spiro atoms. The van der Waals surface area contributed by atoms with Crippen molar-refractivity contribution >= 4 is 31.8 Å². The van der Waals surface area contributed by atoms with Crippen molar-refractivity contribution in [3.8, 4) is 0 Å². The third-order valence-corrected chi connectivity index (χ3v) is 4.22. The Morgan fingerprint density at radius 1 is 1.32 bits per heavy atom. The van der Waals surface area contributed by atoms with Crippen LogP contribution in [0.1, 0.15) is 5.56 Å². The second kappa shape index (κ2) is 5.64. The van der Waals surface area contributed by atoms with E-state index in [1.54, 1.807) is 24.5 Å². The lowest BCUT2D eigenvalue weighted by atomic mass is 10.3. The minimum Gasteiger partial charge on any atom is -0.383 e. The van der Waals surface area contributed by atoms with Gasteiger partial charge in [0.2, 0.25) is 10.0 Å². The second-order valence-corrected chi connectivity index (χ2v) is 6.37. The fourth-order valence-corrected chi connectivity index (χ4v) is 3.01. The van der Waals surface area contributed by atoms with Crippen LogP contribution < -0.4 is 10.5 Å². The van der Waals surface area contributed by atoms with E-state index < -0.39 is 10.0 Å². The van der Waals surface area contributed by atoms with E-state index >= 15 is 0 Å². The summed E-state index contributed by atoms with van der Waals surface area (Å²) in [4.78, 5) is 7.62. The predicted octanol–water partition coefficient (Wildman–Crippen LogP) is 1.30. The van der Waals surface area contributed by atoms with Crippen LogP contribution in [0.15, 0.2) is 46.2 Å². The second-order valence-electron chi connectivity index (χ2n) is 3.72. The van der Waals surface area contributed by atoms with E-state index in [1.807, 2.05) is 0 Å². The van der Waals surface area contributed by atoms with Crippen LogP contribution in [0, 0.1) is 0 Å². The SMILES string of the molecule is Nc1ncc(Br)cc1S(=O)(=O)NCc1ccncc1. The van der Waals surface area contributed by atoms with Gasteiger partial charge in [0, 0.05) is 29.6 Å². The van der Waals surface area contributed by atoms with Gasteiger partial charge < -0.3 is 5.73 Å². The van der Waals surface area contributed by atoms with Crippen molar-refractivity contribution in [3.05, 3.63) is 46.8 Å². The zero-order valence-corrected chi connectivity index (χ0v) is 12.1. The third kappa shape index (κ3) is 3.49. The standard InChI is InChI=1S/C11H11BrN4O2S/c12-9-5-10(11(13)15-7-9)19(17,18)16-6-8-1-3-14-4-2-8/h1-5,7,16H,6H2,(H2,13,15). The summed E-state index contributed by atoms with van der Waals surface area (Å²) in [6.07, 6.45) is 4.63. The molecule has 2 heterocycles. The molecule has 2 rings (SSSR count). The maximum atomic E-state index is 12.1. The van der Waals surface area contributed by atoms with E-state index in [9.17, 15) is 8.42 Å². The first-order valence-corrected chi connectivity index (χ1v) is 7.56. The summed E-state index contributed by atoms with van der Waals surface area (Å²) in [7, 11) is -3.70. The van der Waals surface area contributed by atoms with Crippen LogP contribution in [0.4, 0.5) is 5.82 Å². The van der Waals surface area contributed by atoms with E-state index in [0.717, 1.165) is 5.56 Å². The molecule has 8 heteroatoms. The highest BCUT2D eigenvalue weighted by atomic mass is 79.9. The first kappa shape index (κ1) is 13.9. The number of hydrogen-bond acceptors (Lipinski definition) is 5. The Morgan fingerprint density at radius 2 is 2.00 bits per heavy atom. The topological polar surface area (TPSA) is 98.0 Å². The Hall–Kier alpha value is -1.51. The summed E-state index contributed by atoms with van der Waals surface area (Å²) in [6, 6.07) is 4.87. The summed E-state index contributed by atoms with van der Waals surface area (Å²) in [5, 5.41) is 0. The van der Waals surface area contributed by atoms with E-state index in [0.29, 0.717) is 4.47 Å². The maximum absolute atomic E-state index is 12.1. The molecule has 2 aromatic rings. The molecule has 0 aliphatic heterocycles. The van der Waals surface area contributed by atoms with Crippen LogP contribution in [0.25, 0.3) is 0 Å². The molecule has 0 amide bonds. The number of nitrogens with two attached hydrogens (primary N) is 1.